The lowest BCUT2D eigenvalue weighted by atomic mass is 10.1. The maximum atomic E-state index is 12.4. The Morgan fingerprint density at radius 2 is 2.00 bits per heavy atom. The molecule has 1 amide bonds. The molecule has 1 aliphatic carbocycles. The van der Waals surface area contributed by atoms with Gasteiger partial charge in [-0.25, -0.2) is 9.48 Å². The van der Waals surface area contributed by atoms with Crippen LogP contribution >= 0.6 is 0 Å². The first kappa shape index (κ1) is 18.4. The summed E-state index contributed by atoms with van der Waals surface area (Å²) in [5.41, 5.74) is 1.87. The van der Waals surface area contributed by atoms with Gasteiger partial charge >= 0.3 is 5.97 Å². The fourth-order valence-electron chi connectivity index (χ4n) is 3.36. The zero-order valence-corrected chi connectivity index (χ0v) is 15.4. The van der Waals surface area contributed by atoms with Crippen molar-refractivity contribution in [2.24, 2.45) is 0 Å². The predicted octanol–water partition coefficient (Wildman–Crippen LogP) is 2.84. The van der Waals surface area contributed by atoms with Gasteiger partial charge in [0.15, 0.2) is 6.10 Å². The first-order chi connectivity index (χ1) is 12.6. The number of fused-ring (bicyclic) bond motifs is 1. The SMILES string of the molecule is CCn1nnc2cc(C(=O)O[C@@H](C)C(=O)NC3CCCCCC3)ccc21. The monoisotopic (exact) mass is 358 g/mol. The number of nitrogens with zero attached hydrogens (tertiary/aromatic N) is 3. The molecule has 1 aliphatic rings. The van der Waals surface area contributed by atoms with Crippen LogP contribution in [0.2, 0.25) is 0 Å². The van der Waals surface area contributed by atoms with Crippen LogP contribution in [0.1, 0.15) is 62.7 Å². The third kappa shape index (κ3) is 4.20. The van der Waals surface area contributed by atoms with Crippen molar-refractivity contribution >= 4 is 22.9 Å². The molecule has 1 fully saturated rings. The third-order valence-corrected chi connectivity index (χ3v) is 4.90. The number of rotatable bonds is 5. The maximum absolute atomic E-state index is 12.4. The summed E-state index contributed by atoms with van der Waals surface area (Å²) in [6.07, 6.45) is 5.89. The molecule has 7 nitrogen and oxygen atoms in total. The molecule has 1 aromatic carbocycles. The highest BCUT2D eigenvalue weighted by molar-refractivity contribution is 5.95. The standard InChI is InChI=1S/C19H26N4O3/c1-3-23-17-11-10-14(12-16(17)21-22-23)19(25)26-13(2)18(24)20-15-8-6-4-5-7-9-15/h10-13,15H,3-9H2,1-2H3,(H,20,24)/t13-/m0/s1. The highest BCUT2D eigenvalue weighted by Crippen LogP contribution is 2.18. The highest BCUT2D eigenvalue weighted by Gasteiger charge is 2.22. The summed E-state index contributed by atoms with van der Waals surface area (Å²) in [4.78, 5) is 24.7. The average Bonchev–Trinajstić information content (AvgIpc) is 2.88. The van der Waals surface area contributed by atoms with E-state index in [0.717, 1.165) is 31.2 Å². The number of nitrogens with one attached hydrogen (secondary N) is 1. The Morgan fingerprint density at radius 1 is 1.27 bits per heavy atom. The van der Waals surface area contributed by atoms with E-state index in [4.69, 9.17) is 4.74 Å². The van der Waals surface area contributed by atoms with Crippen LogP contribution in [0, 0.1) is 0 Å². The van der Waals surface area contributed by atoms with Gasteiger partial charge in [-0.2, -0.15) is 0 Å². The summed E-state index contributed by atoms with van der Waals surface area (Å²) in [6, 6.07) is 5.31. The van der Waals surface area contributed by atoms with Gasteiger partial charge in [-0.3, -0.25) is 4.79 Å². The van der Waals surface area contributed by atoms with Crippen molar-refractivity contribution in [2.75, 3.05) is 0 Å². The molecule has 7 heteroatoms. The number of esters is 1. The van der Waals surface area contributed by atoms with E-state index in [0.29, 0.717) is 17.6 Å². The van der Waals surface area contributed by atoms with Crippen molar-refractivity contribution in [3.63, 3.8) is 0 Å². The lowest BCUT2D eigenvalue weighted by Gasteiger charge is -2.19. The molecule has 0 saturated heterocycles. The Kier molecular flexibility index (Phi) is 5.85. The molecule has 0 bridgehead atoms. The number of carbonyl (C=O) groups excluding carboxylic acids is 2. The number of hydrogen-bond acceptors (Lipinski definition) is 5. The zero-order chi connectivity index (χ0) is 18.5. The first-order valence-corrected chi connectivity index (χ1v) is 9.43. The molecule has 0 spiro atoms. The van der Waals surface area contributed by atoms with E-state index in [1.165, 1.54) is 12.8 Å². The van der Waals surface area contributed by atoms with Crippen LogP contribution in [0.25, 0.3) is 11.0 Å². The van der Waals surface area contributed by atoms with Crippen molar-refractivity contribution < 1.29 is 14.3 Å². The Balaban J connectivity index is 1.60. The van der Waals surface area contributed by atoms with Crippen LogP contribution in [0.5, 0.6) is 0 Å². The van der Waals surface area contributed by atoms with Gasteiger partial charge in [-0.05, 0) is 44.9 Å². The summed E-state index contributed by atoms with van der Waals surface area (Å²) in [5, 5.41) is 11.1. The van der Waals surface area contributed by atoms with E-state index in [2.05, 4.69) is 15.6 Å². The van der Waals surface area contributed by atoms with E-state index in [9.17, 15) is 9.59 Å². The normalized spacial score (nSPS) is 16.8. The largest absolute Gasteiger partial charge is 0.449 e. The number of carbonyl (C=O) groups is 2. The maximum Gasteiger partial charge on any atom is 0.338 e. The summed E-state index contributed by atoms with van der Waals surface area (Å²) in [6.45, 7) is 4.29. The van der Waals surface area contributed by atoms with Gasteiger partial charge in [0.2, 0.25) is 0 Å². The second-order valence-electron chi connectivity index (χ2n) is 6.85. The van der Waals surface area contributed by atoms with Crippen LogP contribution in [0.15, 0.2) is 18.2 Å². The van der Waals surface area contributed by atoms with Crippen LogP contribution in [-0.4, -0.2) is 39.0 Å². The van der Waals surface area contributed by atoms with Crippen molar-refractivity contribution in [3.8, 4) is 0 Å². The summed E-state index contributed by atoms with van der Waals surface area (Å²) < 4.78 is 7.10. The molecule has 1 heterocycles. The van der Waals surface area contributed by atoms with E-state index in [-0.39, 0.29) is 11.9 Å². The third-order valence-electron chi connectivity index (χ3n) is 4.90. The molecule has 140 valence electrons. The Morgan fingerprint density at radius 3 is 2.69 bits per heavy atom. The van der Waals surface area contributed by atoms with E-state index >= 15 is 0 Å². The minimum absolute atomic E-state index is 0.187. The van der Waals surface area contributed by atoms with Gasteiger partial charge in [0.25, 0.3) is 5.91 Å². The fraction of sp³-hybridized carbons (Fsp3) is 0.579. The van der Waals surface area contributed by atoms with Crippen LogP contribution < -0.4 is 5.32 Å². The van der Waals surface area contributed by atoms with Gasteiger partial charge < -0.3 is 10.1 Å². The van der Waals surface area contributed by atoms with Crippen LogP contribution in [-0.2, 0) is 16.1 Å². The molecule has 2 aromatic rings. The highest BCUT2D eigenvalue weighted by atomic mass is 16.5. The molecule has 1 saturated carbocycles. The van der Waals surface area contributed by atoms with E-state index in [1.807, 2.05) is 6.92 Å². The summed E-state index contributed by atoms with van der Waals surface area (Å²) in [7, 11) is 0. The van der Waals surface area contributed by atoms with Crippen molar-refractivity contribution in [1.82, 2.24) is 20.3 Å². The number of amides is 1. The zero-order valence-electron chi connectivity index (χ0n) is 15.4. The lowest BCUT2D eigenvalue weighted by Crippen LogP contribution is -2.41. The average molecular weight is 358 g/mol. The minimum atomic E-state index is -0.826. The molecule has 0 unspecified atom stereocenters. The summed E-state index contributed by atoms with van der Waals surface area (Å²) >= 11 is 0. The Hall–Kier alpha value is -2.44. The molecule has 1 atom stereocenters. The van der Waals surface area contributed by atoms with Gasteiger partial charge in [-0.1, -0.05) is 30.9 Å². The number of hydrogen-bond donors (Lipinski definition) is 1. The van der Waals surface area contributed by atoms with Gasteiger partial charge in [0, 0.05) is 12.6 Å². The topological polar surface area (TPSA) is 86.1 Å². The first-order valence-electron chi connectivity index (χ1n) is 9.43. The van der Waals surface area contributed by atoms with Crippen molar-refractivity contribution in [3.05, 3.63) is 23.8 Å². The molecular formula is C19H26N4O3. The molecule has 0 radical (unpaired) electrons. The number of benzene rings is 1. The van der Waals surface area contributed by atoms with Gasteiger partial charge in [0.05, 0.1) is 11.1 Å². The minimum Gasteiger partial charge on any atom is -0.449 e. The van der Waals surface area contributed by atoms with E-state index < -0.39 is 12.1 Å². The summed E-state index contributed by atoms with van der Waals surface area (Å²) in [5.74, 6) is -0.760. The lowest BCUT2D eigenvalue weighted by molar-refractivity contribution is -0.129. The molecule has 1 aromatic heterocycles. The van der Waals surface area contributed by atoms with Crippen molar-refractivity contribution in [2.45, 2.75) is 71.1 Å². The number of aryl methyl sites for hydroxylation is 1. The predicted molar refractivity (Wildman–Crippen MR) is 97.7 cm³/mol. The van der Waals surface area contributed by atoms with Gasteiger partial charge in [0.1, 0.15) is 5.52 Å². The second-order valence-corrected chi connectivity index (χ2v) is 6.85. The Labute approximate surface area is 153 Å². The molecule has 3 rings (SSSR count). The molecular weight excluding hydrogens is 332 g/mol. The van der Waals surface area contributed by atoms with Crippen LogP contribution in [0.4, 0.5) is 0 Å². The van der Waals surface area contributed by atoms with Crippen molar-refractivity contribution in [1.29, 1.82) is 0 Å². The number of aromatic nitrogens is 3. The second kappa shape index (κ2) is 8.29. The quantitative estimate of drug-likeness (QED) is 0.656. The van der Waals surface area contributed by atoms with E-state index in [1.54, 1.807) is 29.8 Å². The Bertz CT molecular complexity index is 778. The molecule has 26 heavy (non-hydrogen) atoms. The fourth-order valence-corrected chi connectivity index (χ4v) is 3.36. The van der Waals surface area contributed by atoms with Crippen LogP contribution in [0.3, 0.4) is 0 Å². The molecule has 0 aliphatic heterocycles. The number of ether oxygens (including phenoxy) is 1. The van der Waals surface area contributed by atoms with Gasteiger partial charge in [-0.15, -0.1) is 5.10 Å². The smallest absolute Gasteiger partial charge is 0.338 e. The molecule has 1 N–H and O–H groups in total.